The van der Waals surface area contributed by atoms with Gasteiger partial charge in [0.2, 0.25) is 11.7 Å². The van der Waals surface area contributed by atoms with Crippen LogP contribution in [0.15, 0.2) is 22.7 Å². The van der Waals surface area contributed by atoms with Crippen LogP contribution in [0.1, 0.15) is 12.8 Å². The third kappa shape index (κ3) is 3.05. The minimum absolute atomic E-state index is 0.0377. The van der Waals surface area contributed by atoms with Crippen LogP contribution in [0.25, 0.3) is 11.4 Å². The Morgan fingerprint density at radius 2 is 1.94 bits per heavy atom. The quantitative estimate of drug-likeness (QED) is 0.860. The molecule has 1 heterocycles. The second-order valence-corrected chi connectivity index (χ2v) is 4.42. The van der Waals surface area contributed by atoms with Gasteiger partial charge in [0.15, 0.2) is 0 Å². The summed E-state index contributed by atoms with van der Waals surface area (Å²) in [6.07, 6.45) is 0.126. The molecule has 1 aromatic heterocycles. The monoisotopic (exact) mass is 270 g/mol. The van der Waals surface area contributed by atoms with Gasteiger partial charge in [-0.25, -0.2) is 0 Å². The number of Topliss-reactive ketones (excluding diaryl/α,β-unsaturated/α-hetero) is 1. The average Bonchev–Trinajstić information content (AvgIpc) is 2.63. The topological polar surface area (TPSA) is 56.0 Å². The molecule has 0 amide bonds. The van der Waals surface area contributed by atoms with Crippen molar-refractivity contribution >= 4 is 29.0 Å². The Labute approximate surface area is 108 Å². The zero-order valence-electron chi connectivity index (χ0n) is 8.91. The van der Waals surface area contributed by atoms with E-state index in [-0.39, 0.29) is 18.1 Å². The highest BCUT2D eigenvalue weighted by Gasteiger charge is 2.11. The van der Waals surface area contributed by atoms with Gasteiger partial charge in [-0.1, -0.05) is 28.4 Å². The normalized spacial score (nSPS) is 10.5. The summed E-state index contributed by atoms with van der Waals surface area (Å²) < 4.78 is 4.94. The average molecular weight is 271 g/mol. The van der Waals surface area contributed by atoms with Gasteiger partial charge in [0.25, 0.3) is 0 Å². The number of benzene rings is 1. The largest absolute Gasteiger partial charge is 0.339 e. The van der Waals surface area contributed by atoms with E-state index >= 15 is 0 Å². The molecule has 0 atom stereocenters. The number of nitrogens with zero attached hydrogens (tertiary/aromatic N) is 2. The Hall–Kier alpha value is -1.39. The maximum atomic E-state index is 10.9. The molecule has 6 heteroatoms. The lowest BCUT2D eigenvalue weighted by Gasteiger charge is -1.96. The van der Waals surface area contributed by atoms with Crippen LogP contribution < -0.4 is 0 Å². The van der Waals surface area contributed by atoms with Crippen LogP contribution in [0.5, 0.6) is 0 Å². The van der Waals surface area contributed by atoms with Crippen LogP contribution in [0.3, 0.4) is 0 Å². The molecule has 0 bridgehead atoms. The third-order valence-electron chi connectivity index (χ3n) is 1.99. The molecule has 2 rings (SSSR count). The Morgan fingerprint density at radius 1 is 1.29 bits per heavy atom. The Balaban J connectivity index is 2.33. The molecule has 0 aliphatic carbocycles. The van der Waals surface area contributed by atoms with Crippen LogP contribution in [0.4, 0.5) is 0 Å². The highest BCUT2D eigenvalue weighted by molar-refractivity contribution is 6.35. The SMILES string of the molecule is CC(=O)Cc1nc(-c2cc(Cl)cc(Cl)c2)no1. The first-order valence-electron chi connectivity index (χ1n) is 4.83. The van der Waals surface area contributed by atoms with Crippen molar-refractivity contribution in [2.75, 3.05) is 0 Å². The Bertz CT molecular complexity index is 546. The number of carbonyl (C=O) groups is 1. The number of halogens is 2. The standard InChI is InChI=1S/C11H8Cl2N2O2/c1-6(16)2-10-14-11(15-17-10)7-3-8(12)5-9(13)4-7/h3-5H,2H2,1H3. The predicted molar refractivity (Wildman–Crippen MR) is 64.1 cm³/mol. The summed E-state index contributed by atoms with van der Waals surface area (Å²) in [5.41, 5.74) is 0.654. The molecule has 0 aliphatic rings. The fourth-order valence-corrected chi connectivity index (χ4v) is 1.87. The maximum Gasteiger partial charge on any atom is 0.234 e. The molecule has 4 nitrogen and oxygen atoms in total. The molecule has 88 valence electrons. The third-order valence-corrected chi connectivity index (χ3v) is 2.43. The molecule has 2 aromatic rings. The molecule has 0 unspecified atom stereocenters. The van der Waals surface area contributed by atoms with Crippen molar-refractivity contribution in [2.45, 2.75) is 13.3 Å². The molecule has 0 saturated heterocycles. The molecule has 0 aliphatic heterocycles. The Kier molecular flexibility index (Phi) is 3.45. The van der Waals surface area contributed by atoms with E-state index in [4.69, 9.17) is 27.7 Å². The lowest BCUT2D eigenvalue weighted by Crippen LogP contribution is -1.96. The molecule has 17 heavy (non-hydrogen) atoms. The summed E-state index contributed by atoms with van der Waals surface area (Å²) in [7, 11) is 0. The van der Waals surface area contributed by atoms with E-state index in [0.717, 1.165) is 0 Å². The van der Waals surface area contributed by atoms with Gasteiger partial charge in [0.05, 0.1) is 6.42 Å². The van der Waals surface area contributed by atoms with Crippen molar-refractivity contribution in [1.82, 2.24) is 10.1 Å². The summed E-state index contributed by atoms with van der Waals surface area (Å²) in [5.74, 6) is 0.610. The fraction of sp³-hybridized carbons (Fsp3) is 0.182. The van der Waals surface area contributed by atoms with Gasteiger partial charge in [0, 0.05) is 15.6 Å². The van der Waals surface area contributed by atoms with E-state index < -0.39 is 0 Å². The van der Waals surface area contributed by atoms with Crippen molar-refractivity contribution in [3.8, 4) is 11.4 Å². The minimum atomic E-state index is -0.0377. The van der Waals surface area contributed by atoms with Gasteiger partial charge >= 0.3 is 0 Å². The Morgan fingerprint density at radius 3 is 2.53 bits per heavy atom. The lowest BCUT2D eigenvalue weighted by molar-refractivity contribution is -0.116. The fourth-order valence-electron chi connectivity index (χ4n) is 1.34. The lowest BCUT2D eigenvalue weighted by atomic mass is 10.2. The van der Waals surface area contributed by atoms with E-state index in [1.807, 2.05) is 0 Å². The number of carbonyl (C=O) groups excluding carboxylic acids is 1. The molecular weight excluding hydrogens is 263 g/mol. The van der Waals surface area contributed by atoms with Gasteiger partial charge in [-0.2, -0.15) is 4.98 Å². The number of rotatable bonds is 3. The van der Waals surface area contributed by atoms with Crippen LogP contribution in [0, 0.1) is 0 Å². The first-order valence-corrected chi connectivity index (χ1v) is 5.58. The number of aromatic nitrogens is 2. The van der Waals surface area contributed by atoms with Gasteiger partial charge in [-0.3, -0.25) is 4.79 Å². The van der Waals surface area contributed by atoms with Crippen molar-refractivity contribution in [3.63, 3.8) is 0 Å². The van der Waals surface area contributed by atoms with Crippen molar-refractivity contribution < 1.29 is 9.32 Å². The van der Waals surface area contributed by atoms with E-state index in [1.54, 1.807) is 18.2 Å². The van der Waals surface area contributed by atoms with Crippen LogP contribution in [0.2, 0.25) is 10.0 Å². The highest BCUT2D eigenvalue weighted by Crippen LogP contribution is 2.25. The van der Waals surface area contributed by atoms with Crippen LogP contribution >= 0.6 is 23.2 Å². The van der Waals surface area contributed by atoms with Crippen LogP contribution in [-0.4, -0.2) is 15.9 Å². The van der Waals surface area contributed by atoms with Gasteiger partial charge < -0.3 is 4.52 Å². The van der Waals surface area contributed by atoms with Gasteiger partial charge in [0.1, 0.15) is 5.78 Å². The van der Waals surface area contributed by atoms with Crippen molar-refractivity contribution in [2.24, 2.45) is 0 Å². The van der Waals surface area contributed by atoms with Crippen molar-refractivity contribution in [1.29, 1.82) is 0 Å². The molecule has 0 spiro atoms. The second kappa shape index (κ2) is 4.85. The van der Waals surface area contributed by atoms with Crippen LogP contribution in [-0.2, 0) is 11.2 Å². The summed E-state index contributed by atoms with van der Waals surface area (Å²) in [6, 6.07) is 4.97. The number of hydrogen-bond donors (Lipinski definition) is 0. The van der Waals surface area contributed by atoms with E-state index in [2.05, 4.69) is 10.1 Å². The number of ketones is 1. The maximum absolute atomic E-state index is 10.9. The molecule has 0 fully saturated rings. The predicted octanol–water partition coefficient (Wildman–Crippen LogP) is 3.17. The molecule has 1 aromatic carbocycles. The highest BCUT2D eigenvalue weighted by atomic mass is 35.5. The summed E-state index contributed by atoms with van der Waals surface area (Å²) >= 11 is 11.7. The number of hydrogen-bond acceptors (Lipinski definition) is 4. The van der Waals surface area contributed by atoms with Gasteiger partial charge in [-0.05, 0) is 25.1 Å². The van der Waals surface area contributed by atoms with Crippen molar-refractivity contribution in [3.05, 3.63) is 34.1 Å². The summed E-state index contributed by atoms with van der Waals surface area (Å²) in [4.78, 5) is 15.0. The minimum Gasteiger partial charge on any atom is -0.339 e. The molecular formula is C11H8Cl2N2O2. The zero-order valence-corrected chi connectivity index (χ0v) is 10.4. The van der Waals surface area contributed by atoms with E-state index in [9.17, 15) is 4.79 Å². The molecule has 0 N–H and O–H groups in total. The summed E-state index contributed by atoms with van der Waals surface area (Å²) in [6.45, 7) is 1.46. The van der Waals surface area contributed by atoms with E-state index in [0.29, 0.717) is 21.4 Å². The zero-order chi connectivity index (χ0) is 12.4. The van der Waals surface area contributed by atoms with Gasteiger partial charge in [-0.15, -0.1) is 0 Å². The molecule has 0 saturated carbocycles. The first kappa shape index (κ1) is 12.1. The first-order chi connectivity index (χ1) is 8.04. The second-order valence-electron chi connectivity index (χ2n) is 3.55. The molecule has 0 radical (unpaired) electrons. The summed E-state index contributed by atoms with van der Waals surface area (Å²) in [5, 5.41) is 4.75. The smallest absolute Gasteiger partial charge is 0.234 e. The van der Waals surface area contributed by atoms with E-state index in [1.165, 1.54) is 6.92 Å².